The number of amides is 1. The Kier molecular flexibility index (Phi) is 5.37. The van der Waals surface area contributed by atoms with Crippen molar-refractivity contribution in [3.63, 3.8) is 0 Å². The molecule has 1 fully saturated rings. The number of benzene rings is 2. The van der Waals surface area contributed by atoms with Gasteiger partial charge in [-0.15, -0.1) is 0 Å². The van der Waals surface area contributed by atoms with Crippen LogP contribution >= 0.6 is 11.7 Å². The first kappa shape index (κ1) is 19.9. The van der Waals surface area contributed by atoms with E-state index in [0.29, 0.717) is 37.0 Å². The molecule has 0 bridgehead atoms. The first-order chi connectivity index (χ1) is 13.9. The van der Waals surface area contributed by atoms with Gasteiger partial charge >= 0.3 is 0 Å². The molecule has 3 aromatic rings. The molecule has 29 heavy (non-hydrogen) atoms. The van der Waals surface area contributed by atoms with E-state index in [1.807, 2.05) is 38.1 Å². The first-order valence-electron chi connectivity index (χ1n) is 9.54. The summed E-state index contributed by atoms with van der Waals surface area (Å²) in [6.07, 6.45) is 1.15. The Bertz CT molecular complexity index is 1160. The van der Waals surface area contributed by atoms with Gasteiger partial charge in [-0.3, -0.25) is 4.79 Å². The number of nitrogens with zero attached hydrogens (tertiary/aromatic N) is 4. The summed E-state index contributed by atoms with van der Waals surface area (Å²) in [5.41, 5.74) is 2.75. The minimum Gasteiger partial charge on any atom is -0.311 e. The second-order valence-corrected chi connectivity index (χ2v) is 9.47. The molecule has 0 radical (unpaired) electrons. The Balaban J connectivity index is 1.70. The highest BCUT2D eigenvalue weighted by atomic mass is 32.2. The summed E-state index contributed by atoms with van der Waals surface area (Å²) >= 11 is 0.982. The Morgan fingerprint density at radius 2 is 2.03 bits per heavy atom. The van der Waals surface area contributed by atoms with Gasteiger partial charge in [0.15, 0.2) is 0 Å². The van der Waals surface area contributed by atoms with E-state index < -0.39 is 16.1 Å². The highest BCUT2D eigenvalue weighted by molar-refractivity contribution is 7.89. The zero-order chi connectivity index (χ0) is 20.6. The number of hydrogen-bond donors (Lipinski definition) is 0. The minimum atomic E-state index is -3.87. The van der Waals surface area contributed by atoms with Crippen LogP contribution in [0.25, 0.3) is 11.0 Å². The molecule has 9 heteroatoms. The van der Waals surface area contributed by atoms with Crippen LogP contribution in [0.3, 0.4) is 0 Å². The van der Waals surface area contributed by atoms with E-state index in [2.05, 4.69) is 8.75 Å². The van der Waals surface area contributed by atoms with Crippen LogP contribution in [0.5, 0.6) is 0 Å². The molecule has 1 atom stereocenters. The second-order valence-electron chi connectivity index (χ2n) is 7.08. The molecular weight excluding hydrogens is 408 g/mol. The van der Waals surface area contributed by atoms with E-state index in [0.717, 1.165) is 23.0 Å². The summed E-state index contributed by atoms with van der Waals surface area (Å²) in [6, 6.07) is 11.9. The summed E-state index contributed by atoms with van der Waals surface area (Å²) in [6.45, 7) is 4.66. The molecule has 4 rings (SSSR count). The molecule has 0 unspecified atom stereocenters. The number of fused-ring (bicyclic) bond motifs is 1. The van der Waals surface area contributed by atoms with Gasteiger partial charge < -0.3 is 4.90 Å². The maximum atomic E-state index is 13.5. The molecule has 1 aliphatic rings. The van der Waals surface area contributed by atoms with Crippen molar-refractivity contribution in [3.05, 3.63) is 48.0 Å². The molecule has 1 saturated heterocycles. The predicted molar refractivity (Wildman–Crippen MR) is 114 cm³/mol. The standard InChI is InChI=1S/C20H22N4O3S2/c1-3-23(15-8-4-7-14(2)13-15)20(25)17-10-6-12-24(17)29(26,27)18-11-5-9-16-19(18)22-28-21-16/h4-5,7-9,11,13,17H,3,6,10,12H2,1-2H3/t17-/m1/s1. The zero-order valence-electron chi connectivity index (χ0n) is 16.3. The van der Waals surface area contributed by atoms with Gasteiger partial charge in [0.1, 0.15) is 22.0 Å². The monoisotopic (exact) mass is 430 g/mol. The van der Waals surface area contributed by atoms with Crippen LogP contribution in [0, 0.1) is 6.92 Å². The van der Waals surface area contributed by atoms with Crippen molar-refractivity contribution in [1.29, 1.82) is 0 Å². The van der Waals surface area contributed by atoms with Crippen molar-refractivity contribution in [1.82, 2.24) is 13.1 Å². The average molecular weight is 431 g/mol. The molecule has 2 heterocycles. The van der Waals surface area contributed by atoms with Crippen LogP contribution < -0.4 is 4.90 Å². The molecule has 152 valence electrons. The van der Waals surface area contributed by atoms with Gasteiger partial charge in [0.25, 0.3) is 0 Å². The average Bonchev–Trinajstić information content (AvgIpc) is 3.38. The normalized spacial score (nSPS) is 17.7. The smallest absolute Gasteiger partial charge is 0.246 e. The number of carbonyl (C=O) groups is 1. The predicted octanol–water partition coefficient (Wildman–Crippen LogP) is 3.21. The van der Waals surface area contributed by atoms with Crippen molar-refractivity contribution in [2.24, 2.45) is 0 Å². The van der Waals surface area contributed by atoms with Gasteiger partial charge in [0, 0.05) is 18.8 Å². The Morgan fingerprint density at radius 1 is 1.24 bits per heavy atom. The Hall–Kier alpha value is -2.36. The lowest BCUT2D eigenvalue weighted by molar-refractivity contribution is -0.121. The van der Waals surface area contributed by atoms with Crippen LogP contribution in [0.2, 0.25) is 0 Å². The highest BCUT2D eigenvalue weighted by Crippen LogP contribution is 2.31. The number of carbonyl (C=O) groups excluding carboxylic acids is 1. The number of sulfonamides is 1. The fraction of sp³-hybridized carbons (Fsp3) is 0.350. The summed E-state index contributed by atoms with van der Waals surface area (Å²) in [4.78, 5) is 15.2. The largest absolute Gasteiger partial charge is 0.311 e. The van der Waals surface area contributed by atoms with Crippen molar-refractivity contribution in [2.75, 3.05) is 18.0 Å². The third kappa shape index (κ3) is 3.54. The summed E-state index contributed by atoms with van der Waals surface area (Å²) in [5, 5.41) is 0. The molecule has 1 aliphatic heterocycles. The molecule has 0 saturated carbocycles. The van der Waals surface area contributed by atoms with Crippen molar-refractivity contribution in [3.8, 4) is 0 Å². The van der Waals surface area contributed by atoms with Crippen molar-refractivity contribution < 1.29 is 13.2 Å². The van der Waals surface area contributed by atoms with Crippen LogP contribution in [-0.2, 0) is 14.8 Å². The lowest BCUT2D eigenvalue weighted by atomic mass is 10.1. The molecule has 1 aromatic heterocycles. The number of anilines is 1. The SMILES string of the molecule is CCN(C(=O)[C@H]1CCCN1S(=O)(=O)c1cccc2nsnc12)c1cccc(C)c1. The minimum absolute atomic E-state index is 0.113. The molecular formula is C20H22N4O3S2. The molecule has 0 aliphatic carbocycles. The van der Waals surface area contributed by atoms with E-state index in [9.17, 15) is 13.2 Å². The summed E-state index contributed by atoms with van der Waals surface area (Å²) in [7, 11) is -3.87. The lowest BCUT2D eigenvalue weighted by Gasteiger charge is -2.29. The topological polar surface area (TPSA) is 83.5 Å². The third-order valence-electron chi connectivity index (χ3n) is 5.22. The van der Waals surface area contributed by atoms with Crippen LogP contribution in [-0.4, -0.2) is 46.5 Å². The van der Waals surface area contributed by atoms with Gasteiger partial charge in [-0.05, 0) is 56.5 Å². The van der Waals surface area contributed by atoms with Gasteiger partial charge in [-0.2, -0.15) is 13.1 Å². The fourth-order valence-electron chi connectivity index (χ4n) is 3.83. The molecule has 2 aromatic carbocycles. The highest BCUT2D eigenvalue weighted by Gasteiger charge is 2.42. The molecule has 0 spiro atoms. The van der Waals surface area contributed by atoms with Gasteiger partial charge in [-0.1, -0.05) is 18.2 Å². The molecule has 0 N–H and O–H groups in total. The van der Waals surface area contributed by atoms with Crippen molar-refractivity contribution in [2.45, 2.75) is 37.6 Å². The van der Waals surface area contributed by atoms with Gasteiger partial charge in [0.05, 0.1) is 11.7 Å². The summed E-state index contributed by atoms with van der Waals surface area (Å²) in [5.74, 6) is -0.192. The number of likely N-dealkylation sites (N-methyl/N-ethyl adjacent to an activating group) is 1. The van der Waals surface area contributed by atoms with Crippen LogP contribution in [0.15, 0.2) is 47.4 Å². The number of rotatable bonds is 5. The fourth-order valence-corrected chi connectivity index (χ4v) is 6.24. The van der Waals surface area contributed by atoms with Gasteiger partial charge in [-0.25, -0.2) is 8.42 Å². The van der Waals surface area contributed by atoms with E-state index in [1.54, 1.807) is 17.0 Å². The first-order valence-corrected chi connectivity index (χ1v) is 11.7. The molecule has 1 amide bonds. The van der Waals surface area contributed by atoms with Crippen LogP contribution in [0.4, 0.5) is 5.69 Å². The number of aryl methyl sites for hydroxylation is 1. The third-order valence-corrected chi connectivity index (χ3v) is 7.70. The zero-order valence-corrected chi connectivity index (χ0v) is 17.9. The quantitative estimate of drug-likeness (QED) is 0.621. The Labute approximate surface area is 174 Å². The van der Waals surface area contributed by atoms with E-state index in [1.165, 1.54) is 10.4 Å². The maximum absolute atomic E-state index is 13.5. The maximum Gasteiger partial charge on any atom is 0.246 e. The van der Waals surface area contributed by atoms with Gasteiger partial charge in [0.2, 0.25) is 15.9 Å². The second kappa shape index (κ2) is 7.81. The van der Waals surface area contributed by atoms with E-state index in [4.69, 9.17) is 0 Å². The van der Waals surface area contributed by atoms with Crippen molar-refractivity contribution >= 4 is 44.4 Å². The van der Waals surface area contributed by atoms with Crippen LogP contribution in [0.1, 0.15) is 25.3 Å². The number of aromatic nitrogens is 2. The summed E-state index contributed by atoms with van der Waals surface area (Å²) < 4.78 is 36.5. The van der Waals surface area contributed by atoms with E-state index in [-0.39, 0.29) is 10.8 Å². The van der Waals surface area contributed by atoms with E-state index >= 15 is 0 Å². The number of hydrogen-bond acceptors (Lipinski definition) is 6. The molecule has 7 nitrogen and oxygen atoms in total. The Morgan fingerprint density at radius 3 is 2.79 bits per heavy atom. The lowest BCUT2D eigenvalue weighted by Crippen LogP contribution is -2.48.